The molecule has 1 aromatic carbocycles. The van der Waals surface area contributed by atoms with Crippen LogP contribution in [0.25, 0.3) is 0 Å². The molecule has 1 amide bonds. The Hall–Kier alpha value is -2.07. The Balaban J connectivity index is 2.91. The maximum Gasteiger partial charge on any atom is 0.397 e. The SMILES string of the molecule is NCC#Cc1cc(F)ccc1NC(=O)CC(F)(F)F. The third-order valence-electron chi connectivity index (χ3n) is 1.94. The number of amides is 1. The average molecular weight is 274 g/mol. The van der Waals surface area contributed by atoms with Gasteiger partial charge in [-0.25, -0.2) is 4.39 Å². The van der Waals surface area contributed by atoms with Gasteiger partial charge in [-0.15, -0.1) is 0 Å². The van der Waals surface area contributed by atoms with Crippen LogP contribution in [0.4, 0.5) is 23.2 Å². The standard InChI is InChI=1S/C12H10F4N2O/c13-9-3-4-10(8(6-9)2-1-5-17)18-11(19)7-12(14,15)16/h3-4,6H,5,7,17H2,(H,18,19). The van der Waals surface area contributed by atoms with Crippen LogP contribution >= 0.6 is 0 Å². The molecule has 102 valence electrons. The van der Waals surface area contributed by atoms with E-state index in [1.165, 1.54) is 0 Å². The van der Waals surface area contributed by atoms with Crippen molar-refractivity contribution < 1.29 is 22.4 Å². The second-order valence-electron chi connectivity index (χ2n) is 3.54. The van der Waals surface area contributed by atoms with Crippen molar-refractivity contribution in [1.82, 2.24) is 0 Å². The summed E-state index contributed by atoms with van der Waals surface area (Å²) in [6.45, 7) is 0.00640. The quantitative estimate of drug-likeness (QED) is 0.640. The first-order chi connectivity index (χ1) is 8.81. The second-order valence-corrected chi connectivity index (χ2v) is 3.54. The molecule has 0 radical (unpaired) electrons. The molecule has 0 bridgehead atoms. The molecule has 0 saturated carbocycles. The van der Waals surface area contributed by atoms with Crippen LogP contribution in [0.5, 0.6) is 0 Å². The van der Waals surface area contributed by atoms with Gasteiger partial charge in [-0.1, -0.05) is 11.8 Å². The molecule has 0 aromatic heterocycles. The molecule has 0 fully saturated rings. The zero-order valence-electron chi connectivity index (χ0n) is 9.64. The fourth-order valence-corrected chi connectivity index (χ4v) is 1.25. The lowest BCUT2D eigenvalue weighted by molar-refractivity contribution is -0.150. The van der Waals surface area contributed by atoms with Crippen molar-refractivity contribution in [3.8, 4) is 11.8 Å². The monoisotopic (exact) mass is 274 g/mol. The Morgan fingerprint density at radius 1 is 1.37 bits per heavy atom. The first kappa shape index (κ1) is 15.0. The number of hydrogen-bond donors (Lipinski definition) is 2. The predicted molar refractivity (Wildman–Crippen MR) is 61.6 cm³/mol. The van der Waals surface area contributed by atoms with E-state index in [2.05, 4.69) is 11.8 Å². The highest BCUT2D eigenvalue weighted by Gasteiger charge is 2.31. The number of benzene rings is 1. The van der Waals surface area contributed by atoms with Crippen LogP contribution in [0.1, 0.15) is 12.0 Å². The number of halogens is 4. The maximum atomic E-state index is 13.0. The van der Waals surface area contributed by atoms with Gasteiger partial charge in [0.1, 0.15) is 12.2 Å². The summed E-state index contributed by atoms with van der Waals surface area (Å²) in [5.74, 6) is 3.05. The van der Waals surface area contributed by atoms with E-state index in [0.29, 0.717) is 0 Å². The minimum absolute atomic E-state index is 0.00640. The van der Waals surface area contributed by atoms with Crippen LogP contribution in [0.3, 0.4) is 0 Å². The zero-order valence-corrected chi connectivity index (χ0v) is 9.64. The molecule has 0 aliphatic carbocycles. The Bertz CT molecular complexity index is 529. The molecule has 7 heteroatoms. The molecule has 0 aliphatic heterocycles. The highest BCUT2D eigenvalue weighted by molar-refractivity contribution is 5.92. The fraction of sp³-hybridized carbons (Fsp3) is 0.250. The first-order valence-corrected chi connectivity index (χ1v) is 5.17. The van der Waals surface area contributed by atoms with Crippen LogP contribution in [-0.2, 0) is 4.79 Å². The molecular formula is C12H10F4N2O. The van der Waals surface area contributed by atoms with Gasteiger partial charge in [0.15, 0.2) is 0 Å². The van der Waals surface area contributed by atoms with E-state index in [4.69, 9.17) is 5.73 Å². The first-order valence-electron chi connectivity index (χ1n) is 5.17. The molecule has 3 nitrogen and oxygen atoms in total. The van der Waals surface area contributed by atoms with E-state index in [1.807, 2.05) is 5.32 Å². The van der Waals surface area contributed by atoms with E-state index < -0.39 is 24.3 Å². The van der Waals surface area contributed by atoms with Crippen LogP contribution in [-0.4, -0.2) is 18.6 Å². The van der Waals surface area contributed by atoms with Crippen LogP contribution in [0.15, 0.2) is 18.2 Å². The third-order valence-corrected chi connectivity index (χ3v) is 1.94. The second kappa shape index (κ2) is 6.20. The van der Waals surface area contributed by atoms with Gasteiger partial charge in [-0.05, 0) is 18.2 Å². The minimum Gasteiger partial charge on any atom is -0.325 e. The lowest BCUT2D eigenvalue weighted by Gasteiger charge is -2.09. The van der Waals surface area contributed by atoms with Crippen molar-refractivity contribution in [2.24, 2.45) is 5.73 Å². The number of nitrogens with one attached hydrogen (secondary N) is 1. The number of alkyl halides is 3. The van der Waals surface area contributed by atoms with Crippen LogP contribution < -0.4 is 11.1 Å². The molecule has 0 heterocycles. The molecule has 0 unspecified atom stereocenters. The maximum absolute atomic E-state index is 13.0. The van der Waals surface area contributed by atoms with Gasteiger partial charge >= 0.3 is 6.18 Å². The number of anilines is 1. The van der Waals surface area contributed by atoms with Crippen molar-refractivity contribution in [2.75, 3.05) is 11.9 Å². The highest BCUT2D eigenvalue weighted by atomic mass is 19.4. The van der Waals surface area contributed by atoms with E-state index in [9.17, 15) is 22.4 Å². The summed E-state index contributed by atoms with van der Waals surface area (Å²) in [5, 5.41) is 2.03. The molecule has 19 heavy (non-hydrogen) atoms. The van der Waals surface area contributed by atoms with E-state index in [0.717, 1.165) is 18.2 Å². The number of carbonyl (C=O) groups is 1. The molecule has 0 atom stereocenters. The lowest BCUT2D eigenvalue weighted by Crippen LogP contribution is -2.21. The summed E-state index contributed by atoms with van der Waals surface area (Å²) in [4.78, 5) is 11.1. The van der Waals surface area contributed by atoms with Gasteiger partial charge < -0.3 is 11.1 Å². The van der Waals surface area contributed by atoms with Crippen molar-refractivity contribution in [3.63, 3.8) is 0 Å². The summed E-state index contributed by atoms with van der Waals surface area (Å²) in [7, 11) is 0. The van der Waals surface area contributed by atoms with Gasteiger partial charge in [-0.2, -0.15) is 13.2 Å². The molecule has 0 saturated heterocycles. The van der Waals surface area contributed by atoms with Gasteiger partial charge in [0, 0.05) is 0 Å². The van der Waals surface area contributed by atoms with Crippen molar-refractivity contribution in [1.29, 1.82) is 0 Å². The van der Waals surface area contributed by atoms with Gasteiger partial charge in [0.25, 0.3) is 0 Å². The van der Waals surface area contributed by atoms with Gasteiger partial charge in [0.2, 0.25) is 5.91 Å². The summed E-state index contributed by atoms with van der Waals surface area (Å²) in [5.41, 5.74) is 5.23. The Kier molecular flexibility index (Phi) is 4.89. The lowest BCUT2D eigenvalue weighted by atomic mass is 10.1. The molecule has 1 rings (SSSR count). The number of rotatable bonds is 2. The summed E-state index contributed by atoms with van der Waals surface area (Å²) in [6.07, 6.45) is -6.22. The van der Waals surface area contributed by atoms with Crippen LogP contribution in [0.2, 0.25) is 0 Å². The molecule has 0 aliphatic rings. The zero-order chi connectivity index (χ0) is 14.5. The summed E-state index contributed by atoms with van der Waals surface area (Å²) < 4.78 is 49.0. The van der Waals surface area contributed by atoms with Crippen molar-refractivity contribution in [3.05, 3.63) is 29.6 Å². The Morgan fingerprint density at radius 3 is 2.63 bits per heavy atom. The predicted octanol–water partition coefficient (Wildman–Crippen LogP) is 2.03. The van der Waals surface area contributed by atoms with E-state index >= 15 is 0 Å². The average Bonchev–Trinajstić information content (AvgIpc) is 2.27. The number of carbonyl (C=O) groups excluding carboxylic acids is 1. The number of hydrogen-bond acceptors (Lipinski definition) is 2. The summed E-state index contributed by atoms with van der Waals surface area (Å²) >= 11 is 0. The Labute approximate surface area is 106 Å². The van der Waals surface area contributed by atoms with Crippen molar-refractivity contribution in [2.45, 2.75) is 12.6 Å². The smallest absolute Gasteiger partial charge is 0.325 e. The van der Waals surface area contributed by atoms with Gasteiger partial charge in [0.05, 0.1) is 17.8 Å². The normalized spacial score (nSPS) is 10.6. The van der Waals surface area contributed by atoms with E-state index in [1.54, 1.807) is 0 Å². The topological polar surface area (TPSA) is 55.1 Å². The molecular weight excluding hydrogens is 264 g/mol. The number of nitrogens with two attached hydrogens (primary N) is 1. The fourth-order valence-electron chi connectivity index (χ4n) is 1.25. The summed E-state index contributed by atoms with van der Waals surface area (Å²) in [6, 6.07) is 3.16. The van der Waals surface area contributed by atoms with Gasteiger partial charge in [-0.3, -0.25) is 4.79 Å². The largest absolute Gasteiger partial charge is 0.397 e. The molecule has 3 N–H and O–H groups in total. The third kappa shape index (κ3) is 5.40. The minimum atomic E-state index is -4.60. The van der Waals surface area contributed by atoms with E-state index in [-0.39, 0.29) is 17.8 Å². The Morgan fingerprint density at radius 2 is 2.05 bits per heavy atom. The van der Waals surface area contributed by atoms with Crippen molar-refractivity contribution >= 4 is 11.6 Å². The molecule has 0 spiro atoms. The van der Waals surface area contributed by atoms with Crippen LogP contribution in [0, 0.1) is 17.7 Å². The molecule has 1 aromatic rings. The highest BCUT2D eigenvalue weighted by Crippen LogP contribution is 2.22.